The van der Waals surface area contributed by atoms with Crippen LogP contribution in [0.2, 0.25) is 0 Å². The zero-order valence-corrected chi connectivity index (χ0v) is 11.0. The van der Waals surface area contributed by atoms with Crippen molar-refractivity contribution in [3.8, 4) is 0 Å². The maximum Gasteiger partial charge on any atom is 0.252 e. The molecule has 1 saturated heterocycles. The van der Waals surface area contributed by atoms with Gasteiger partial charge in [0.05, 0.1) is 5.41 Å². The Kier molecular flexibility index (Phi) is 3.38. The molecule has 1 heterocycles. The van der Waals surface area contributed by atoms with Crippen molar-refractivity contribution in [2.24, 2.45) is 5.41 Å². The molecule has 2 aliphatic rings. The van der Waals surface area contributed by atoms with Crippen molar-refractivity contribution in [1.82, 2.24) is 5.06 Å². The van der Waals surface area contributed by atoms with Crippen LogP contribution in [0.15, 0.2) is 42.5 Å². The van der Waals surface area contributed by atoms with Gasteiger partial charge in [-0.15, -0.1) is 0 Å². The summed E-state index contributed by atoms with van der Waals surface area (Å²) in [6, 6.07) is 9.98. The number of carbonyl (C=O) groups is 1. The molecule has 0 aromatic heterocycles. The highest BCUT2D eigenvalue weighted by Gasteiger charge is 2.44. The Balaban J connectivity index is 1.63. The minimum Gasteiger partial charge on any atom is -0.272 e. The molecule has 1 aliphatic heterocycles. The van der Waals surface area contributed by atoms with Gasteiger partial charge in [0.25, 0.3) is 5.91 Å². The van der Waals surface area contributed by atoms with Crippen molar-refractivity contribution in [3.05, 3.63) is 48.0 Å². The lowest BCUT2D eigenvalue weighted by atomic mass is 9.77. The highest BCUT2D eigenvalue weighted by molar-refractivity contribution is 5.83. The Morgan fingerprint density at radius 2 is 1.89 bits per heavy atom. The van der Waals surface area contributed by atoms with Crippen LogP contribution in [0, 0.1) is 5.41 Å². The van der Waals surface area contributed by atoms with Crippen LogP contribution in [0.5, 0.6) is 0 Å². The SMILES string of the molecule is O=C1N(OCc2ccccc2)CCCC12CC=CC2. The molecule has 0 bridgehead atoms. The summed E-state index contributed by atoms with van der Waals surface area (Å²) in [4.78, 5) is 18.3. The summed E-state index contributed by atoms with van der Waals surface area (Å²) in [6.07, 6.45) is 8.01. The fraction of sp³-hybridized carbons (Fsp3) is 0.438. The third-order valence-electron chi connectivity index (χ3n) is 4.11. The summed E-state index contributed by atoms with van der Waals surface area (Å²) >= 11 is 0. The van der Waals surface area contributed by atoms with E-state index in [2.05, 4.69) is 12.2 Å². The van der Waals surface area contributed by atoms with Crippen LogP contribution in [0.1, 0.15) is 31.2 Å². The topological polar surface area (TPSA) is 29.5 Å². The number of rotatable bonds is 3. The molecule has 3 heteroatoms. The highest BCUT2D eigenvalue weighted by Crippen LogP contribution is 2.42. The first kappa shape index (κ1) is 12.4. The third kappa shape index (κ3) is 2.43. The summed E-state index contributed by atoms with van der Waals surface area (Å²) < 4.78 is 0. The van der Waals surface area contributed by atoms with Gasteiger partial charge in [-0.25, -0.2) is 5.06 Å². The Hall–Kier alpha value is -1.61. The molecule has 0 atom stereocenters. The number of amides is 1. The van der Waals surface area contributed by atoms with E-state index in [1.54, 1.807) is 5.06 Å². The van der Waals surface area contributed by atoms with Gasteiger partial charge in [-0.1, -0.05) is 42.5 Å². The van der Waals surface area contributed by atoms with Gasteiger partial charge in [0.2, 0.25) is 0 Å². The minimum absolute atomic E-state index is 0.166. The van der Waals surface area contributed by atoms with Crippen molar-refractivity contribution in [3.63, 3.8) is 0 Å². The number of hydroxylamine groups is 2. The second-order valence-corrected chi connectivity index (χ2v) is 5.43. The van der Waals surface area contributed by atoms with Crippen molar-refractivity contribution >= 4 is 5.91 Å². The van der Waals surface area contributed by atoms with E-state index in [0.29, 0.717) is 13.2 Å². The first-order chi connectivity index (χ1) is 9.30. The van der Waals surface area contributed by atoms with Crippen LogP contribution in [0.3, 0.4) is 0 Å². The lowest BCUT2D eigenvalue weighted by molar-refractivity contribution is -0.210. The van der Waals surface area contributed by atoms with Gasteiger partial charge in [-0.05, 0) is 31.2 Å². The van der Waals surface area contributed by atoms with E-state index >= 15 is 0 Å². The van der Waals surface area contributed by atoms with Crippen LogP contribution in [0.25, 0.3) is 0 Å². The summed E-state index contributed by atoms with van der Waals surface area (Å²) in [5.74, 6) is 0.166. The van der Waals surface area contributed by atoms with Crippen LogP contribution >= 0.6 is 0 Å². The molecule has 3 nitrogen and oxygen atoms in total. The number of carbonyl (C=O) groups excluding carboxylic acids is 1. The van der Waals surface area contributed by atoms with Crippen molar-refractivity contribution in [2.45, 2.75) is 32.3 Å². The van der Waals surface area contributed by atoms with Crippen molar-refractivity contribution in [1.29, 1.82) is 0 Å². The molecule has 1 fully saturated rings. The first-order valence-electron chi connectivity index (χ1n) is 6.94. The largest absolute Gasteiger partial charge is 0.272 e. The molecule has 19 heavy (non-hydrogen) atoms. The first-order valence-corrected chi connectivity index (χ1v) is 6.94. The number of hydrogen-bond donors (Lipinski definition) is 0. The molecular formula is C16H19NO2. The highest BCUT2D eigenvalue weighted by atomic mass is 16.7. The van der Waals surface area contributed by atoms with Gasteiger partial charge in [-0.3, -0.25) is 9.63 Å². The van der Waals surface area contributed by atoms with E-state index in [9.17, 15) is 4.79 Å². The number of benzene rings is 1. The van der Waals surface area contributed by atoms with E-state index in [4.69, 9.17) is 4.84 Å². The Bertz CT molecular complexity index is 473. The quantitative estimate of drug-likeness (QED) is 0.779. The monoisotopic (exact) mass is 257 g/mol. The molecule has 1 spiro atoms. The zero-order chi connectivity index (χ0) is 13.1. The molecule has 0 radical (unpaired) electrons. The molecule has 0 unspecified atom stereocenters. The normalized spacial score (nSPS) is 21.3. The zero-order valence-electron chi connectivity index (χ0n) is 11.0. The van der Waals surface area contributed by atoms with Crippen LogP contribution in [-0.2, 0) is 16.2 Å². The number of allylic oxidation sites excluding steroid dienone is 2. The standard InChI is InChI=1S/C16H19NO2/c18-15-16(9-4-5-10-16)11-6-12-17(15)19-13-14-7-2-1-3-8-14/h1-5,7-8H,6,9-13H2. The van der Waals surface area contributed by atoms with Gasteiger partial charge < -0.3 is 0 Å². The molecule has 0 saturated carbocycles. The molecule has 1 aliphatic carbocycles. The summed E-state index contributed by atoms with van der Waals surface area (Å²) in [5.41, 5.74) is 0.897. The Morgan fingerprint density at radius 1 is 1.16 bits per heavy atom. The fourth-order valence-electron chi connectivity index (χ4n) is 2.96. The van der Waals surface area contributed by atoms with Gasteiger partial charge in [-0.2, -0.15) is 0 Å². The second-order valence-electron chi connectivity index (χ2n) is 5.43. The predicted octanol–water partition coefficient (Wildman–Crippen LogP) is 3.08. The molecule has 3 rings (SSSR count). The molecular weight excluding hydrogens is 238 g/mol. The number of hydrogen-bond acceptors (Lipinski definition) is 2. The average Bonchev–Trinajstić information content (AvgIpc) is 2.91. The predicted molar refractivity (Wildman–Crippen MR) is 73.0 cm³/mol. The van der Waals surface area contributed by atoms with Crippen LogP contribution in [-0.4, -0.2) is 17.5 Å². The lowest BCUT2D eigenvalue weighted by Gasteiger charge is -2.38. The van der Waals surface area contributed by atoms with E-state index in [1.165, 1.54) is 0 Å². The van der Waals surface area contributed by atoms with E-state index < -0.39 is 0 Å². The molecule has 100 valence electrons. The summed E-state index contributed by atoms with van der Waals surface area (Å²) in [5, 5.41) is 1.59. The van der Waals surface area contributed by atoms with Gasteiger partial charge in [0, 0.05) is 6.54 Å². The van der Waals surface area contributed by atoms with Crippen molar-refractivity contribution < 1.29 is 9.63 Å². The second kappa shape index (κ2) is 5.17. The molecule has 1 amide bonds. The van der Waals surface area contributed by atoms with E-state index in [0.717, 1.165) is 31.2 Å². The Morgan fingerprint density at radius 3 is 2.63 bits per heavy atom. The number of nitrogens with zero attached hydrogens (tertiary/aromatic N) is 1. The van der Waals surface area contributed by atoms with Crippen LogP contribution < -0.4 is 0 Å². The molecule has 0 N–H and O–H groups in total. The van der Waals surface area contributed by atoms with E-state index in [-0.39, 0.29) is 11.3 Å². The Labute approximate surface area is 113 Å². The fourth-order valence-corrected chi connectivity index (χ4v) is 2.96. The number of piperidine rings is 1. The van der Waals surface area contributed by atoms with Crippen LogP contribution in [0.4, 0.5) is 0 Å². The van der Waals surface area contributed by atoms with Gasteiger partial charge in [0.1, 0.15) is 6.61 Å². The van der Waals surface area contributed by atoms with Crippen molar-refractivity contribution in [2.75, 3.05) is 6.54 Å². The summed E-state index contributed by atoms with van der Waals surface area (Å²) in [7, 11) is 0. The maximum absolute atomic E-state index is 12.5. The molecule has 1 aromatic carbocycles. The lowest BCUT2D eigenvalue weighted by Crippen LogP contribution is -2.47. The van der Waals surface area contributed by atoms with E-state index in [1.807, 2.05) is 30.3 Å². The van der Waals surface area contributed by atoms with Gasteiger partial charge in [0.15, 0.2) is 0 Å². The molecule has 1 aromatic rings. The summed E-state index contributed by atoms with van der Waals surface area (Å²) in [6.45, 7) is 1.18. The maximum atomic E-state index is 12.5. The average molecular weight is 257 g/mol. The third-order valence-corrected chi connectivity index (χ3v) is 4.11. The smallest absolute Gasteiger partial charge is 0.252 e. The van der Waals surface area contributed by atoms with Gasteiger partial charge >= 0.3 is 0 Å². The minimum atomic E-state index is -0.199.